The van der Waals surface area contributed by atoms with Crippen molar-refractivity contribution in [1.29, 1.82) is 0 Å². The summed E-state index contributed by atoms with van der Waals surface area (Å²) in [5, 5.41) is 11.6. The highest BCUT2D eigenvalue weighted by molar-refractivity contribution is 6.01. The van der Waals surface area contributed by atoms with E-state index >= 15 is 0 Å². The molecule has 5 nitrogen and oxygen atoms in total. The van der Waals surface area contributed by atoms with E-state index in [4.69, 9.17) is 5.11 Å². The minimum atomic E-state index is -1.18. The molecule has 6 heteroatoms. The summed E-state index contributed by atoms with van der Waals surface area (Å²) >= 11 is 0. The molecule has 1 saturated heterocycles. The standard InChI is InChI=1S/C11H11FN2O3/c12-7-2-3-8(10(15)16)9(6-7)14-5-1-4-13-11(14)17/h2-3,6H,1,4-5H2,(H,13,17)(H,15,16). The second-order valence-corrected chi connectivity index (χ2v) is 3.70. The molecule has 1 aliphatic rings. The fraction of sp³-hybridized carbons (Fsp3) is 0.273. The van der Waals surface area contributed by atoms with Gasteiger partial charge in [-0.3, -0.25) is 4.90 Å². The lowest BCUT2D eigenvalue weighted by Gasteiger charge is -2.28. The molecule has 1 aliphatic heterocycles. The quantitative estimate of drug-likeness (QED) is 0.819. The maximum atomic E-state index is 13.1. The lowest BCUT2D eigenvalue weighted by Crippen LogP contribution is -2.47. The molecule has 1 fully saturated rings. The molecule has 0 bridgehead atoms. The number of urea groups is 1. The molecule has 17 heavy (non-hydrogen) atoms. The molecule has 2 amide bonds. The normalized spacial score (nSPS) is 15.6. The van der Waals surface area contributed by atoms with Crippen LogP contribution in [0.2, 0.25) is 0 Å². The van der Waals surface area contributed by atoms with Gasteiger partial charge >= 0.3 is 12.0 Å². The first-order valence-electron chi connectivity index (χ1n) is 5.18. The van der Waals surface area contributed by atoms with Crippen molar-refractivity contribution in [3.05, 3.63) is 29.6 Å². The van der Waals surface area contributed by atoms with Gasteiger partial charge in [-0.1, -0.05) is 0 Å². The summed E-state index contributed by atoms with van der Waals surface area (Å²) in [4.78, 5) is 23.8. The predicted octanol–water partition coefficient (Wildman–Crippen LogP) is 1.44. The van der Waals surface area contributed by atoms with Gasteiger partial charge in [-0.25, -0.2) is 14.0 Å². The number of nitrogens with zero attached hydrogens (tertiary/aromatic N) is 1. The van der Waals surface area contributed by atoms with Crippen LogP contribution in [-0.2, 0) is 0 Å². The molecule has 0 radical (unpaired) electrons. The number of amides is 2. The van der Waals surface area contributed by atoms with Crippen LogP contribution >= 0.6 is 0 Å². The Kier molecular flexibility index (Phi) is 2.95. The number of anilines is 1. The lowest BCUT2D eigenvalue weighted by atomic mass is 10.1. The molecule has 0 saturated carbocycles. The van der Waals surface area contributed by atoms with Crippen LogP contribution in [0.15, 0.2) is 18.2 Å². The van der Waals surface area contributed by atoms with Gasteiger partial charge in [0.15, 0.2) is 0 Å². The molecular formula is C11H11FN2O3. The van der Waals surface area contributed by atoms with Gasteiger partial charge in [0, 0.05) is 13.1 Å². The SMILES string of the molecule is O=C(O)c1ccc(F)cc1N1CCCNC1=O. The van der Waals surface area contributed by atoms with Crippen LogP contribution in [0.25, 0.3) is 0 Å². The van der Waals surface area contributed by atoms with Gasteiger partial charge in [-0.15, -0.1) is 0 Å². The van der Waals surface area contributed by atoms with Gasteiger partial charge < -0.3 is 10.4 Å². The maximum Gasteiger partial charge on any atom is 0.337 e. The van der Waals surface area contributed by atoms with E-state index in [9.17, 15) is 14.0 Å². The number of hydrogen-bond acceptors (Lipinski definition) is 2. The number of benzene rings is 1. The van der Waals surface area contributed by atoms with E-state index in [-0.39, 0.29) is 11.3 Å². The number of rotatable bonds is 2. The number of carbonyl (C=O) groups excluding carboxylic acids is 1. The molecule has 0 spiro atoms. The number of carbonyl (C=O) groups is 2. The maximum absolute atomic E-state index is 13.1. The van der Waals surface area contributed by atoms with E-state index in [1.165, 1.54) is 4.90 Å². The van der Waals surface area contributed by atoms with Crippen LogP contribution < -0.4 is 10.2 Å². The van der Waals surface area contributed by atoms with Crippen LogP contribution in [0.4, 0.5) is 14.9 Å². The van der Waals surface area contributed by atoms with E-state index in [1.807, 2.05) is 0 Å². The van der Waals surface area contributed by atoms with Gasteiger partial charge in [0.2, 0.25) is 0 Å². The molecule has 0 aliphatic carbocycles. The monoisotopic (exact) mass is 238 g/mol. The zero-order chi connectivity index (χ0) is 12.4. The van der Waals surface area contributed by atoms with Crippen molar-refractivity contribution >= 4 is 17.7 Å². The van der Waals surface area contributed by atoms with E-state index in [2.05, 4.69) is 5.32 Å². The molecule has 90 valence electrons. The van der Waals surface area contributed by atoms with Gasteiger partial charge in [-0.2, -0.15) is 0 Å². The van der Waals surface area contributed by atoms with Crippen LogP contribution in [0.5, 0.6) is 0 Å². The Labute approximate surface area is 96.8 Å². The van der Waals surface area contributed by atoms with Crippen molar-refractivity contribution in [3.8, 4) is 0 Å². The molecule has 2 N–H and O–H groups in total. The van der Waals surface area contributed by atoms with Gasteiger partial charge in [-0.05, 0) is 24.6 Å². The third-order valence-corrected chi connectivity index (χ3v) is 2.56. The zero-order valence-electron chi connectivity index (χ0n) is 8.94. The predicted molar refractivity (Wildman–Crippen MR) is 58.7 cm³/mol. The minimum Gasteiger partial charge on any atom is -0.478 e. The fourth-order valence-corrected chi connectivity index (χ4v) is 1.77. The molecule has 1 heterocycles. The highest BCUT2D eigenvalue weighted by Crippen LogP contribution is 2.23. The average Bonchev–Trinajstić information content (AvgIpc) is 2.29. The largest absolute Gasteiger partial charge is 0.478 e. The van der Waals surface area contributed by atoms with Crippen molar-refractivity contribution in [3.63, 3.8) is 0 Å². The third kappa shape index (κ3) is 2.20. The highest BCUT2D eigenvalue weighted by atomic mass is 19.1. The van der Waals surface area contributed by atoms with Crippen molar-refractivity contribution in [2.75, 3.05) is 18.0 Å². The van der Waals surface area contributed by atoms with Crippen LogP contribution in [-0.4, -0.2) is 30.2 Å². The Morgan fingerprint density at radius 1 is 1.47 bits per heavy atom. The molecule has 0 atom stereocenters. The number of halogens is 1. The lowest BCUT2D eigenvalue weighted by molar-refractivity contribution is 0.0697. The summed E-state index contributed by atoms with van der Waals surface area (Å²) < 4.78 is 13.1. The first kappa shape index (κ1) is 11.4. The number of aromatic carboxylic acids is 1. The topological polar surface area (TPSA) is 69.6 Å². The average molecular weight is 238 g/mol. The van der Waals surface area contributed by atoms with Crippen molar-refractivity contribution in [1.82, 2.24) is 5.32 Å². The first-order valence-corrected chi connectivity index (χ1v) is 5.18. The van der Waals surface area contributed by atoms with Gasteiger partial charge in [0.1, 0.15) is 5.82 Å². The third-order valence-electron chi connectivity index (χ3n) is 2.56. The Morgan fingerprint density at radius 2 is 2.24 bits per heavy atom. The van der Waals surface area contributed by atoms with Crippen molar-refractivity contribution in [2.24, 2.45) is 0 Å². The summed E-state index contributed by atoms with van der Waals surface area (Å²) in [5.41, 5.74) is 0.0122. The molecule has 1 aromatic rings. The first-order chi connectivity index (χ1) is 8.09. The van der Waals surface area contributed by atoms with Crippen LogP contribution in [0, 0.1) is 5.82 Å². The van der Waals surface area contributed by atoms with E-state index in [1.54, 1.807) is 0 Å². The van der Waals surface area contributed by atoms with Gasteiger partial charge in [0.05, 0.1) is 11.3 Å². The van der Waals surface area contributed by atoms with Crippen molar-refractivity contribution in [2.45, 2.75) is 6.42 Å². The number of carboxylic acids is 1. The smallest absolute Gasteiger partial charge is 0.337 e. The molecule has 2 rings (SSSR count). The Bertz CT molecular complexity index is 476. The summed E-state index contributed by atoms with van der Waals surface area (Å²) in [5.74, 6) is -1.75. The number of carboxylic acid groups (broad SMARTS) is 1. The fourth-order valence-electron chi connectivity index (χ4n) is 1.77. The second-order valence-electron chi connectivity index (χ2n) is 3.70. The van der Waals surface area contributed by atoms with E-state index < -0.39 is 17.8 Å². The minimum absolute atomic E-state index is 0.0801. The number of hydrogen-bond donors (Lipinski definition) is 2. The Balaban J connectivity index is 2.45. The highest BCUT2D eigenvalue weighted by Gasteiger charge is 2.24. The van der Waals surface area contributed by atoms with E-state index in [0.29, 0.717) is 19.5 Å². The molecule has 0 aromatic heterocycles. The Morgan fingerprint density at radius 3 is 2.88 bits per heavy atom. The van der Waals surface area contributed by atoms with Crippen LogP contribution in [0.3, 0.4) is 0 Å². The zero-order valence-corrected chi connectivity index (χ0v) is 8.94. The summed E-state index contributed by atoms with van der Waals surface area (Å²) in [6.45, 7) is 0.933. The molecule has 1 aromatic carbocycles. The van der Waals surface area contributed by atoms with Crippen LogP contribution in [0.1, 0.15) is 16.8 Å². The summed E-state index contributed by atoms with van der Waals surface area (Å²) in [6, 6.07) is 2.89. The summed E-state index contributed by atoms with van der Waals surface area (Å²) in [7, 11) is 0. The molecule has 0 unspecified atom stereocenters. The Hall–Kier alpha value is -2.11. The van der Waals surface area contributed by atoms with Gasteiger partial charge in [0.25, 0.3) is 0 Å². The number of nitrogens with one attached hydrogen (secondary N) is 1. The molecular weight excluding hydrogens is 227 g/mol. The summed E-state index contributed by atoms with van der Waals surface area (Å²) in [6.07, 6.45) is 0.696. The van der Waals surface area contributed by atoms with E-state index in [0.717, 1.165) is 18.2 Å². The van der Waals surface area contributed by atoms with Crippen molar-refractivity contribution < 1.29 is 19.1 Å². The second kappa shape index (κ2) is 4.40.